The number of hydrogen-bond donors (Lipinski definition) is 1. The van der Waals surface area contributed by atoms with Gasteiger partial charge in [0.1, 0.15) is 16.2 Å². The van der Waals surface area contributed by atoms with Crippen LogP contribution in [0.4, 0.5) is 0 Å². The molecule has 0 aliphatic rings. The van der Waals surface area contributed by atoms with Crippen LogP contribution in [0.15, 0.2) is 17.3 Å². The molecule has 0 fully saturated rings. The number of benzene rings is 1. The van der Waals surface area contributed by atoms with E-state index in [-0.39, 0.29) is 11.0 Å². The molecule has 0 saturated carbocycles. The number of aryl methyl sites for hydroxylation is 1. The number of carboxylic acid groups (broad SMARTS) is 1. The van der Waals surface area contributed by atoms with Crippen LogP contribution >= 0.6 is 0 Å². The van der Waals surface area contributed by atoms with Crippen molar-refractivity contribution in [1.82, 2.24) is 0 Å². The van der Waals surface area contributed by atoms with Crippen LogP contribution in [0.5, 0.6) is 11.5 Å². The fraction of sp³-hybridized carbons (Fsp3) is 0.471. The molecule has 1 aromatic carbocycles. The van der Waals surface area contributed by atoms with E-state index >= 15 is 0 Å². The summed E-state index contributed by atoms with van der Waals surface area (Å²) in [5.41, 5.74) is 1.57. The van der Waals surface area contributed by atoms with Gasteiger partial charge in [0.2, 0.25) is 0 Å². The van der Waals surface area contributed by atoms with Crippen LogP contribution in [-0.2, 0) is 24.2 Å². The third-order valence-electron chi connectivity index (χ3n) is 4.02. The first-order valence-electron chi connectivity index (χ1n) is 8.72. The highest BCUT2D eigenvalue weighted by atomic mass is 28.3. The van der Waals surface area contributed by atoms with Crippen molar-refractivity contribution in [3.8, 4) is 11.5 Å². The van der Waals surface area contributed by atoms with Crippen molar-refractivity contribution in [2.75, 3.05) is 21.3 Å². The van der Waals surface area contributed by atoms with Gasteiger partial charge in [0.15, 0.2) is 21.3 Å². The Kier molecular flexibility index (Phi) is 10.4. The van der Waals surface area contributed by atoms with Gasteiger partial charge in [0.05, 0.1) is 32.1 Å². The molecular weight excluding hydrogens is 400 g/mol. The lowest BCUT2D eigenvalue weighted by atomic mass is 9.99. The molecule has 0 bridgehead atoms. The predicted octanol–water partition coefficient (Wildman–Crippen LogP) is 0.0882. The van der Waals surface area contributed by atoms with Gasteiger partial charge >= 0.3 is 5.97 Å². The number of rotatable bonds is 12. The zero-order valence-corrected chi connectivity index (χ0v) is 21.8. The maximum Gasteiger partial charge on any atom is 0.333 e. The van der Waals surface area contributed by atoms with Crippen LogP contribution in [0.25, 0.3) is 5.76 Å². The Balaban J connectivity index is 3.46. The highest BCUT2D eigenvalue weighted by Crippen LogP contribution is 2.40. The van der Waals surface area contributed by atoms with Gasteiger partial charge < -0.3 is 27.5 Å². The molecular formula is C17H30O7Si3. The minimum absolute atomic E-state index is 0.152. The van der Waals surface area contributed by atoms with E-state index in [1.165, 1.54) is 14.2 Å². The second kappa shape index (κ2) is 12.0. The number of carboxylic acids is 1. The van der Waals surface area contributed by atoms with E-state index in [1.807, 2.05) is 12.1 Å². The Hall–Kier alpha value is -1.60. The third kappa shape index (κ3) is 6.50. The van der Waals surface area contributed by atoms with Crippen LogP contribution < -0.4 is 9.47 Å². The summed E-state index contributed by atoms with van der Waals surface area (Å²) in [5, 5.41) is 9.81. The minimum Gasteiger partial charge on any atom is -0.496 e. The van der Waals surface area contributed by atoms with E-state index in [2.05, 4.69) is 13.8 Å². The Morgan fingerprint density at radius 1 is 1.19 bits per heavy atom. The zero-order valence-electron chi connectivity index (χ0n) is 17.0. The largest absolute Gasteiger partial charge is 0.496 e. The van der Waals surface area contributed by atoms with Crippen molar-refractivity contribution >= 4 is 42.0 Å². The first kappa shape index (κ1) is 23.4. The number of carbonyl (C=O) groups is 1. The van der Waals surface area contributed by atoms with Crippen LogP contribution in [-0.4, -0.2) is 62.7 Å². The van der Waals surface area contributed by atoms with Crippen molar-refractivity contribution < 1.29 is 32.3 Å². The smallest absolute Gasteiger partial charge is 0.333 e. The van der Waals surface area contributed by atoms with Crippen molar-refractivity contribution in [3.63, 3.8) is 0 Å². The molecule has 152 valence electrons. The monoisotopic (exact) mass is 430 g/mol. The molecule has 1 rings (SSSR count). The van der Waals surface area contributed by atoms with Crippen molar-refractivity contribution in [1.29, 1.82) is 0 Å². The van der Waals surface area contributed by atoms with Gasteiger partial charge in [-0.2, -0.15) is 0 Å². The van der Waals surface area contributed by atoms with Gasteiger partial charge in [-0.15, -0.1) is 0 Å². The number of aliphatic carboxylic acids is 1. The van der Waals surface area contributed by atoms with Gasteiger partial charge in [0, 0.05) is 0 Å². The number of methoxy groups -OCH3 is 3. The highest BCUT2D eigenvalue weighted by molar-refractivity contribution is 6.55. The molecule has 0 heterocycles. The van der Waals surface area contributed by atoms with Crippen LogP contribution in [0, 0.1) is 5.92 Å². The molecule has 0 aliphatic carbocycles. The van der Waals surface area contributed by atoms with E-state index < -0.39 is 25.7 Å². The van der Waals surface area contributed by atoms with Crippen molar-refractivity contribution in [2.24, 2.45) is 5.92 Å². The third-order valence-corrected chi connectivity index (χ3v) is 7.36. The topological polar surface area (TPSA) is 83.5 Å². The molecule has 0 amide bonds. The Morgan fingerprint density at radius 3 is 2.33 bits per heavy atom. The molecule has 0 aromatic heterocycles. The zero-order chi connectivity index (χ0) is 20.4. The summed E-state index contributed by atoms with van der Waals surface area (Å²) in [6.07, 6.45) is 1.86. The van der Waals surface area contributed by atoms with Gasteiger partial charge in [-0.05, 0) is 30.4 Å². The first-order valence-corrected chi connectivity index (χ1v) is 12.0. The lowest BCUT2D eigenvalue weighted by Crippen LogP contribution is -2.18. The molecule has 1 N–H and O–H groups in total. The van der Waals surface area contributed by atoms with E-state index in [1.54, 1.807) is 7.11 Å². The fourth-order valence-corrected chi connectivity index (χ4v) is 6.60. The Labute approximate surface area is 168 Å². The average Bonchev–Trinajstić information content (AvgIpc) is 2.65. The summed E-state index contributed by atoms with van der Waals surface area (Å²) in [4.78, 5) is 11.8. The van der Waals surface area contributed by atoms with Crippen LogP contribution in [0.3, 0.4) is 0 Å². The van der Waals surface area contributed by atoms with Gasteiger partial charge in [-0.3, -0.25) is 0 Å². The summed E-state index contributed by atoms with van der Waals surface area (Å²) in [7, 11) is 2.57. The van der Waals surface area contributed by atoms with E-state index in [4.69, 9.17) is 22.4 Å². The van der Waals surface area contributed by atoms with Gasteiger partial charge in [-0.1, -0.05) is 19.9 Å². The summed E-state index contributed by atoms with van der Waals surface area (Å²) in [6, 6.07) is 3.77. The van der Waals surface area contributed by atoms with Crippen molar-refractivity contribution in [2.45, 2.75) is 26.7 Å². The van der Waals surface area contributed by atoms with Gasteiger partial charge in [-0.25, -0.2) is 4.79 Å². The van der Waals surface area contributed by atoms with E-state index in [0.717, 1.165) is 18.4 Å². The standard InChI is InChI=1S/C17H30O7Si3/c1-10(2)6-7-11-8-9-12(14(21-4)13(11)20-3)15(22-5)16(17(18)19)26-24-27-23-25/h8-10H,6-7,26-27H2,1-5,25H3,(H,18,19). The quantitative estimate of drug-likeness (QED) is 0.218. The van der Waals surface area contributed by atoms with Crippen LogP contribution in [0.2, 0.25) is 0 Å². The average molecular weight is 431 g/mol. The Bertz CT molecular complexity index is 662. The summed E-state index contributed by atoms with van der Waals surface area (Å²) >= 11 is 0. The van der Waals surface area contributed by atoms with Crippen LogP contribution in [0.1, 0.15) is 31.4 Å². The Morgan fingerprint density at radius 2 is 1.85 bits per heavy atom. The summed E-state index contributed by atoms with van der Waals surface area (Å²) in [5.74, 6) is 0.840. The molecule has 27 heavy (non-hydrogen) atoms. The van der Waals surface area contributed by atoms with Gasteiger partial charge in [0.25, 0.3) is 10.0 Å². The molecule has 0 saturated heterocycles. The first-order chi connectivity index (χ1) is 12.9. The summed E-state index contributed by atoms with van der Waals surface area (Å²) in [6.45, 7) is 4.33. The molecule has 0 aliphatic heterocycles. The summed E-state index contributed by atoms with van der Waals surface area (Å²) < 4.78 is 27.3. The highest BCUT2D eigenvalue weighted by Gasteiger charge is 2.24. The molecule has 0 spiro atoms. The lowest BCUT2D eigenvalue weighted by Gasteiger charge is -2.19. The molecule has 7 nitrogen and oxygen atoms in total. The molecule has 0 unspecified atom stereocenters. The fourth-order valence-electron chi connectivity index (χ4n) is 2.70. The lowest BCUT2D eigenvalue weighted by molar-refractivity contribution is -0.132. The maximum absolute atomic E-state index is 11.8. The molecule has 1 aromatic rings. The second-order valence-electron chi connectivity index (χ2n) is 6.34. The molecule has 0 atom stereocenters. The number of ether oxygens (including phenoxy) is 3. The van der Waals surface area contributed by atoms with Crippen molar-refractivity contribution in [3.05, 3.63) is 28.5 Å². The molecule has 0 radical (unpaired) electrons. The SMILES string of the molecule is COC(=C([SiH2]O[SiH2]O[SiH3])C(=O)O)c1ccc(CCC(C)C)c(OC)c1OC. The normalized spacial score (nSPS) is 13.0. The second-order valence-corrected chi connectivity index (χ2v) is 11.5. The van der Waals surface area contributed by atoms with E-state index in [9.17, 15) is 9.90 Å². The molecule has 10 heteroatoms. The number of hydrogen-bond acceptors (Lipinski definition) is 6. The predicted molar refractivity (Wildman–Crippen MR) is 113 cm³/mol. The maximum atomic E-state index is 11.8. The minimum atomic E-state index is -1.49. The van der Waals surface area contributed by atoms with E-state index in [0.29, 0.717) is 33.5 Å².